The van der Waals surface area contributed by atoms with E-state index in [0.29, 0.717) is 24.7 Å². The van der Waals surface area contributed by atoms with Crippen molar-refractivity contribution in [1.82, 2.24) is 0 Å². The molecule has 2 aromatic carbocycles. The molecule has 0 radical (unpaired) electrons. The van der Waals surface area contributed by atoms with Crippen LogP contribution in [0.25, 0.3) is 0 Å². The molecule has 4 nitrogen and oxygen atoms in total. The van der Waals surface area contributed by atoms with Crippen LogP contribution in [0.3, 0.4) is 0 Å². The fraction of sp³-hybridized carbons (Fsp3) is 0.500. The SMILES string of the molecule is COc1c(C)c2c(c(C)c1NC(=O)CC(C)(C)C)C(c1ccc(C(C)C)cc1)CO2. The Morgan fingerprint density at radius 2 is 1.80 bits per heavy atom. The second-order valence-corrected chi connectivity index (χ2v) is 9.87. The third-order valence-electron chi connectivity index (χ3n) is 5.84. The molecular weight excluding hydrogens is 374 g/mol. The highest BCUT2D eigenvalue weighted by atomic mass is 16.5. The smallest absolute Gasteiger partial charge is 0.225 e. The summed E-state index contributed by atoms with van der Waals surface area (Å²) in [6.45, 7) is 15.3. The van der Waals surface area contributed by atoms with Gasteiger partial charge in [0.25, 0.3) is 0 Å². The minimum Gasteiger partial charge on any atom is -0.494 e. The van der Waals surface area contributed by atoms with E-state index in [1.165, 1.54) is 11.1 Å². The van der Waals surface area contributed by atoms with E-state index in [-0.39, 0.29) is 17.2 Å². The van der Waals surface area contributed by atoms with Gasteiger partial charge in [-0.2, -0.15) is 0 Å². The third kappa shape index (κ3) is 4.33. The van der Waals surface area contributed by atoms with E-state index in [4.69, 9.17) is 9.47 Å². The van der Waals surface area contributed by atoms with Gasteiger partial charge in [0.1, 0.15) is 11.5 Å². The molecule has 30 heavy (non-hydrogen) atoms. The number of amides is 1. The first-order chi connectivity index (χ1) is 14.0. The number of carbonyl (C=O) groups is 1. The molecule has 0 spiro atoms. The van der Waals surface area contributed by atoms with Crippen LogP contribution in [0, 0.1) is 19.3 Å². The summed E-state index contributed by atoms with van der Waals surface area (Å²) >= 11 is 0. The van der Waals surface area contributed by atoms with Gasteiger partial charge >= 0.3 is 0 Å². The number of hydrogen-bond donors (Lipinski definition) is 1. The summed E-state index contributed by atoms with van der Waals surface area (Å²) in [5.41, 5.74) is 6.35. The summed E-state index contributed by atoms with van der Waals surface area (Å²) in [5.74, 6) is 2.22. The van der Waals surface area contributed by atoms with E-state index >= 15 is 0 Å². The van der Waals surface area contributed by atoms with Gasteiger partial charge < -0.3 is 14.8 Å². The second kappa shape index (κ2) is 8.33. The number of anilines is 1. The monoisotopic (exact) mass is 409 g/mol. The molecule has 1 heterocycles. The van der Waals surface area contributed by atoms with Gasteiger partial charge in [0.15, 0.2) is 0 Å². The highest BCUT2D eigenvalue weighted by Crippen LogP contribution is 2.50. The second-order valence-electron chi connectivity index (χ2n) is 9.87. The van der Waals surface area contributed by atoms with Crippen molar-refractivity contribution in [3.63, 3.8) is 0 Å². The Morgan fingerprint density at radius 1 is 1.17 bits per heavy atom. The van der Waals surface area contributed by atoms with Crippen LogP contribution in [-0.4, -0.2) is 19.6 Å². The summed E-state index contributed by atoms with van der Waals surface area (Å²) in [5, 5.41) is 3.13. The molecule has 4 heteroatoms. The van der Waals surface area contributed by atoms with Gasteiger partial charge in [0, 0.05) is 23.5 Å². The van der Waals surface area contributed by atoms with Crippen molar-refractivity contribution in [3.8, 4) is 11.5 Å². The van der Waals surface area contributed by atoms with Gasteiger partial charge in [-0.05, 0) is 41.9 Å². The Morgan fingerprint density at radius 3 is 2.33 bits per heavy atom. The van der Waals surface area contributed by atoms with Gasteiger partial charge in [0.2, 0.25) is 5.91 Å². The number of fused-ring (bicyclic) bond motifs is 1. The maximum Gasteiger partial charge on any atom is 0.225 e. The Hall–Kier alpha value is -2.49. The van der Waals surface area contributed by atoms with E-state index < -0.39 is 0 Å². The number of rotatable bonds is 5. The molecule has 0 saturated heterocycles. The molecule has 0 aromatic heterocycles. The highest BCUT2D eigenvalue weighted by Gasteiger charge is 2.33. The van der Waals surface area contributed by atoms with Gasteiger partial charge in [-0.1, -0.05) is 58.9 Å². The van der Waals surface area contributed by atoms with Gasteiger partial charge in [-0.25, -0.2) is 0 Å². The molecule has 0 saturated carbocycles. The van der Waals surface area contributed by atoms with Crippen molar-refractivity contribution in [2.24, 2.45) is 5.41 Å². The van der Waals surface area contributed by atoms with Crippen molar-refractivity contribution in [3.05, 3.63) is 52.1 Å². The Balaban J connectivity index is 2.04. The van der Waals surface area contributed by atoms with E-state index in [1.54, 1.807) is 7.11 Å². The topological polar surface area (TPSA) is 47.6 Å². The zero-order valence-corrected chi connectivity index (χ0v) is 19.6. The summed E-state index contributed by atoms with van der Waals surface area (Å²) in [7, 11) is 1.64. The third-order valence-corrected chi connectivity index (χ3v) is 5.84. The molecule has 1 amide bonds. The normalized spacial score (nSPS) is 15.7. The fourth-order valence-electron chi connectivity index (χ4n) is 4.27. The molecule has 3 rings (SSSR count). The summed E-state index contributed by atoms with van der Waals surface area (Å²) in [6, 6.07) is 8.82. The maximum atomic E-state index is 12.7. The quantitative estimate of drug-likeness (QED) is 0.627. The van der Waals surface area contributed by atoms with Gasteiger partial charge in [-0.15, -0.1) is 0 Å². The van der Waals surface area contributed by atoms with Crippen molar-refractivity contribution < 1.29 is 14.3 Å². The fourth-order valence-corrected chi connectivity index (χ4v) is 4.27. The standard InChI is InChI=1S/C26H35NO3/c1-15(2)18-9-11-19(12-10-18)20-14-30-24-17(4)25(29-8)23(16(3)22(20)24)27-21(28)13-26(5,6)7/h9-12,15,20H,13-14H2,1-8H3,(H,27,28). The highest BCUT2D eigenvalue weighted by molar-refractivity contribution is 5.95. The van der Waals surface area contributed by atoms with E-state index in [1.807, 2.05) is 6.92 Å². The molecular formula is C26H35NO3. The number of methoxy groups -OCH3 is 1. The number of benzene rings is 2. The minimum atomic E-state index is -0.0825. The summed E-state index contributed by atoms with van der Waals surface area (Å²) in [6.07, 6.45) is 0.447. The lowest BCUT2D eigenvalue weighted by atomic mass is 9.86. The Labute approximate surface area is 181 Å². The lowest BCUT2D eigenvalue weighted by Gasteiger charge is -2.22. The van der Waals surface area contributed by atoms with Crippen LogP contribution in [0.1, 0.15) is 80.7 Å². The zero-order valence-electron chi connectivity index (χ0n) is 19.6. The van der Waals surface area contributed by atoms with E-state index in [0.717, 1.165) is 28.1 Å². The van der Waals surface area contributed by atoms with Crippen LogP contribution in [-0.2, 0) is 4.79 Å². The lowest BCUT2D eigenvalue weighted by molar-refractivity contribution is -0.117. The van der Waals surface area contributed by atoms with Gasteiger partial charge in [0.05, 0.1) is 19.4 Å². The molecule has 1 aliphatic heterocycles. The van der Waals surface area contributed by atoms with Gasteiger partial charge in [-0.3, -0.25) is 4.79 Å². The largest absolute Gasteiger partial charge is 0.494 e. The molecule has 1 atom stereocenters. The molecule has 1 unspecified atom stereocenters. The van der Waals surface area contributed by atoms with Crippen LogP contribution in [0.15, 0.2) is 24.3 Å². The molecule has 0 fully saturated rings. The van der Waals surface area contributed by atoms with Crippen LogP contribution < -0.4 is 14.8 Å². The minimum absolute atomic E-state index is 0.00000150. The summed E-state index contributed by atoms with van der Waals surface area (Å²) in [4.78, 5) is 12.7. The average Bonchev–Trinajstić information content (AvgIpc) is 3.10. The number of ether oxygens (including phenoxy) is 2. The number of hydrogen-bond acceptors (Lipinski definition) is 3. The Kier molecular flexibility index (Phi) is 6.16. The van der Waals surface area contributed by atoms with E-state index in [2.05, 4.69) is 71.1 Å². The predicted molar refractivity (Wildman–Crippen MR) is 123 cm³/mol. The van der Waals surface area contributed by atoms with E-state index in [9.17, 15) is 4.79 Å². The van der Waals surface area contributed by atoms with Crippen molar-refractivity contribution in [2.75, 3.05) is 19.0 Å². The van der Waals surface area contributed by atoms with Crippen LogP contribution >= 0.6 is 0 Å². The first-order valence-electron chi connectivity index (χ1n) is 10.8. The zero-order chi connectivity index (χ0) is 22.2. The lowest BCUT2D eigenvalue weighted by Crippen LogP contribution is -2.21. The molecule has 0 aliphatic carbocycles. The van der Waals surface area contributed by atoms with Crippen molar-refractivity contribution in [1.29, 1.82) is 0 Å². The molecule has 1 aliphatic rings. The number of carbonyl (C=O) groups excluding carboxylic acids is 1. The van der Waals surface area contributed by atoms with Crippen molar-refractivity contribution in [2.45, 2.75) is 66.7 Å². The summed E-state index contributed by atoms with van der Waals surface area (Å²) < 4.78 is 11.8. The molecule has 0 bridgehead atoms. The van der Waals surface area contributed by atoms with Crippen LogP contribution in [0.4, 0.5) is 5.69 Å². The van der Waals surface area contributed by atoms with Crippen LogP contribution in [0.5, 0.6) is 11.5 Å². The Bertz CT molecular complexity index is 936. The van der Waals surface area contributed by atoms with Crippen LogP contribution in [0.2, 0.25) is 0 Å². The molecule has 162 valence electrons. The first kappa shape index (κ1) is 22.2. The average molecular weight is 410 g/mol. The molecule has 1 N–H and O–H groups in total. The molecule has 2 aromatic rings. The first-order valence-corrected chi connectivity index (χ1v) is 10.8. The number of nitrogens with one attached hydrogen (secondary N) is 1. The van der Waals surface area contributed by atoms with Crippen molar-refractivity contribution >= 4 is 11.6 Å². The predicted octanol–water partition coefficient (Wildman–Crippen LogP) is 6.33. The maximum absolute atomic E-state index is 12.7.